The van der Waals surface area contributed by atoms with E-state index in [1.54, 1.807) is 19.1 Å². The van der Waals surface area contributed by atoms with Crippen molar-refractivity contribution >= 4 is 22.6 Å². The van der Waals surface area contributed by atoms with Crippen LogP contribution in [-0.4, -0.2) is 44.7 Å². The Morgan fingerprint density at radius 2 is 1.93 bits per heavy atom. The first-order valence-corrected chi connectivity index (χ1v) is 9.01. The molecule has 2 aromatic rings. The molecule has 0 saturated carbocycles. The second-order valence-corrected chi connectivity index (χ2v) is 6.56. The van der Waals surface area contributed by atoms with Gasteiger partial charge in [-0.2, -0.15) is 0 Å². The van der Waals surface area contributed by atoms with Crippen molar-refractivity contribution in [2.45, 2.75) is 13.5 Å². The molecule has 27 heavy (non-hydrogen) atoms. The van der Waals surface area contributed by atoms with Crippen LogP contribution in [0.5, 0.6) is 0 Å². The average Bonchev–Trinajstić information content (AvgIpc) is 2.64. The van der Waals surface area contributed by atoms with E-state index in [9.17, 15) is 9.59 Å². The third-order valence-electron chi connectivity index (χ3n) is 4.37. The summed E-state index contributed by atoms with van der Waals surface area (Å²) < 4.78 is 5.17. The number of benzene rings is 1. The summed E-state index contributed by atoms with van der Waals surface area (Å²) in [6.07, 6.45) is 3.59. The Labute approximate surface area is 159 Å². The van der Waals surface area contributed by atoms with Gasteiger partial charge in [0.25, 0.3) is 0 Å². The molecule has 0 atom stereocenters. The van der Waals surface area contributed by atoms with Crippen LogP contribution >= 0.6 is 0 Å². The van der Waals surface area contributed by atoms with Crippen molar-refractivity contribution < 1.29 is 14.4 Å². The van der Waals surface area contributed by atoms with Gasteiger partial charge in [0.2, 0.25) is 0 Å². The van der Waals surface area contributed by atoms with Crippen molar-refractivity contribution in [3.05, 3.63) is 65.0 Å². The molecule has 0 aliphatic carbocycles. The number of rotatable bonds is 9. The van der Waals surface area contributed by atoms with Crippen LogP contribution in [0.25, 0.3) is 10.9 Å². The number of aromatic amines is 1. The topological polar surface area (TPSA) is 66.8 Å². The number of carbonyl (C=O) groups is 1. The number of hydrogen-bond acceptors (Lipinski definition) is 4. The van der Waals surface area contributed by atoms with Gasteiger partial charge in [-0.15, -0.1) is 0 Å². The minimum Gasteiger partial charge on any atom is -0.461 e. The van der Waals surface area contributed by atoms with Crippen LogP contribution in [0.3, 0.4) is 0 Å². The van der Waals surface area contributed by atoms with Gasteiger partial charge in [-0.3, -0.25) is 4.79 Å². The van der Waals surface area contributed by atoms with Gasteiger partial charge in [-0.05, 0) is 37.3 Å². The first-order chi connectivity index (χ1) is 12.9. The summed E-state index contributed by atoms with van der Waals surface area (Å²) >= 11 is 0. The number of aromatic nitrogens is 1. The zero-order valence-corrected chi connectivity index (χ0v) is 16.3. The van der Waals surface area contributed by atoms with Crippen LogP contribution in [0.15, 0.2) is 48.3 Å². The van der Waals surface area contributed by atoms with Gasteiger partial charge in [0.15, 0.2) is 5.43 Å². The monoisotopic (exact) mass is 370 g/mol. The van der Waals surface area contributed by atoms with Gasteiger partial charge < -0.3 is 19.5 Å². The molecule has 144 valence electrons. The first-order valence-electron chi connectivity index (χ1n) is 9.01. The quantitative estimate of drug-likeness (QED) is 0.519. The molecule has 0 aliphatic heterocycles. The van der Waals surface area contributed by atoms with Crippen LogP contribution in [0, 0.1) is 0 Å². The van der Waals surface area contributed by atoms with Crippen LogP contribution in [0.1, 0.15) is 23.0 Å². The van der Waals surface area contributed by atoms with Crippen molar-refractivity contribution in [1.29, 1.82) is 0 Å². The molecule has 0 fully saturated rings. The number of nitrogens with zero attached hydrogens (tertiary/aromatic N) is 1. The molecule has 0 bridgehead atoms. The fourth-order valence-electron chi connectivity index (χ4n) is 3.03. The van der Waals surface area contributed by atoms with Crippen molar-refractivity contribution in [2.75, 3.05) is 38.7 Å². The average molecular weight is 370 g/mol. The highest BCUT2D eigenvalue weighted by Gasteiger charge is 2.22. The van der Waals surface area contributed by atoms with Gasteiger partial charge in [-0.1, -0.05) is 13.2 Å². The van der Waals surface area contributed by atoms with Gasteiger partial charge >= 0.3 is 5.97 Å². The normalized spacial score (nSPS) is 10.8. The van der Waals surface area contributed by atoms with Gasteiger partial charge in [0, 0.05) is 25.2 Å². The van der Waals surface area contributed by atoms with Gasteiger partial charge in [0.05, 0.1) is 30.8 Å². The zero-order chi connectivity index (χ0) is 20.0. The van der Waals surface area contributed by atoms with E-state index in [0.717, 1.165) is 10.6 Å². The number of carbonyl (C=O) groups excluding carboxylic acids is 1. The lowest BCUT2D eigenvalue weighted by atomic mass is 10.1. The largest absolute Gasteiger partial charge is 0.461 e. The number of ether oxygens (including phenoxy) is 1. The molecule has 2 N–H and O–H groups in total. The predicted molar refractivity (Wildman–Crippen MR) is 110 cm³/mol. The Bertz CT molecular complexity index is 889. The van der Waals surface area contributed by atoms with E-state index in [4.69, 9.17) is 4.74 Å². The Morgan fingerprint density at radius 1 is 1.26 bits per heavy atom. The van der Waals surface area contributed by atoms with Crippen LogP contribution in [0.4, 0.5) is 5.69 Å². The number of quaternary nitrogens is 1. The van der Waals surface area contributed by atoms with Crippen molar-refractivity contribution in [2.24, 2.45) is 0 Å². The summed E-state index contributed by atoms with van der Waals surface area (Å²) in [5, 5.41) is 0.556. The Balaban J connectivity index is 2.67. The van der Waals surface area contributed by atoms with E-state index in [2.05, 4.69) is 18.1 Å². The predicted octanol–water partition coefficient (Wildman–Crippen LogP) is 1.53. The summed E-state index contributed by atoms with van der Waals surface area (Å²) in [6, 6.07) is 5.56. The highest BCUT2D eigenvalue weighted by Crippen LogP contribution is 2.19. The second kappa shape index (κ2) is 9.19. The number of pyridine rings is 1. The molecule has 6 heteroatoms. The lowest BCUT2D eigenvalue weighted by Gasteiger charge is -2.18. The summed E-state index contributed by atoms with van der Waals surface area (Å²) in [6.45, 7) is 11.2. The van der Waals surface area contributed by atoms with Gasteiger partial charge in [0.1, 0.15) is 12.2 Å². The molecule has 0 unspecified atom stereocenters. The van der Waals surface area contributed by atoms with E-state index >= 15 is 0 Å². The number of H-pyrrole nitrogens is 1. The molecule has 0 spiro atoms. The van der Waals surface area contributed by atoms with Crippen molar-refractivity contribution in [1.82, 2.24) is 4.98 Å². The summed E-state index contributed by atoms with van der Waals surface area (Å²) in [4.78, 5) is 31.9. The van der Waals surface area contributed by atoms with Crippen LogP contribution < -0.4 is 15.2 Å². The molecule has 0 saturated heterocycles. The fourth-order valence-corrected chi connectivity index (χ4v) is 3.03. The Kier molecular flexibility index (Phi) is 6.96. The van der Waals surface area contributed by atoms with E-state index in [-0.39, 0.29) is 17.7 Å². The summed E-state index contributed by atoms with van der Waals surface area (Å²) in [5.74, 6) is -0.514. The highest BCUT2D eigenvalue weighted by atomic mass is 16.5. The Hall–Kier alpha value is -2.86. The van der Waals surface area contributed by atoms with Crippen LogP contribution in [-0.2, 0) is 11.3 Å². The molecule has 0 amide bonds. The summed E-state index contributed by atoms with van der Waals surface area (Å²) in [5.41, 5.74) is 2.03. The summed E-state index contributed by atoms with van der Waals surface area (Å²) in [7, 11) is 3.84. The van der Waals surface area contributed by atoms with Crippen molar-refractivity contribution in [3.63, 3.8) is 0 Å². The SMILES string of the molecule is C=CC[NH+](CC=C)Cc1c(C(=O)OCC)[nH]c2ccc(N(C)C)cc2c1=O. The maximum absolute atomic E-state index is 13.3. The molecule has 1 heterocycles. The standard InChI is InChI=1S/C21H27N3O3/c1-6-11-24(12-7-2)14-17-19(21(26)27-8-3)22-18-10-9-15(23(4)5)13-16(18)20(17)25/h6-7,9-10,13H,1-2,8,11-12,14H2,3-5H3,(H,22,25)/p+1. The van der Waals surface area contributed by atoms with E-state index in [1.165, 1.54) is 0 Å². The third-order valence-corrected chi connectivity index (χ3v) is 4.37. The number of nitrogens with one attached hydrogen (secondary N) is 2. The van der Waals surface area contributed by atoms with E-state index < -0.39 is 5.97 Å². The molecule has 0 aliphatic rings. The number of anilines is 1. The molecular weight excluding hydrogens is 342 g/mol. The third kappa shape index (κ3) is 4.65. The number of hydrogen-bond donors (Lipinski definition) is 2. The van der Waals surface area contributed by atoms with E-state index in [1.807, 2.05) is 37.2 Å². The lowest BCUT2D eigenvalue weighted by molar-refractivity contribution is -0.902. The minimum absolute atomic E-state index is 0.152. The first kappa shape index (κ1) is 20.5. The molecule has 1 aromatic heterocycles. The minimum atomic E-state index is -0.514. The maximum Gasteiger partial charge on any atom is 0.355 e. The molecule has 6 nitrogen and oxygen atoms in total. The van der Waals surface area contributed by atoms with E-state index in [0.29, 0.717) is 36.1 Å². The molecular formula is C21H28N3O3+. The smallest absolute Gasteiger partial charge is 0.355 e. The zero-order valence-electron chi connectivity index (χ0n) is 16.3. The van der Waals surface area contributed by atoms with Gasteiger partial charge in [-0.25, -0.2) is 4.79 Å². The van der Waals surface area contributed by atoms with Crippen LogP contribution in [0.2, 0.25) is 0 Å². The molecule has 2 rings (SSSR count). The fraction of sp³-hybridized carbons (Fsp3) is 0.333. The Morgan fingerprint density at radius 3 is 2.48 bits per heavy atom. The van der Waals surface area contributed by atoms with Crippen molar-refractivity contribution in [3.8, 4) is 0 Å². The number of esters is 1. The molecule has 1 aromatic carbocycles. The molecule has 0 radical (unpaired) electrons. The second-order valence-electron chi connectivity index (χ2n) is 6.56. The lowest BCUT2D eigenvalue weighted by Crippen LogP contribution is -3.10. The number of fused-ring (bicyclic) bond motifs is 1. The maximum atomic E-state index is 13.3. The highest BCUT2D eigenvalue weighted by molar-refractivity contribution is 5.93.